The van der Waals surface area contributed by atoms with Gasteiger partial charge in [0.15, 0.2) is 0 Å². The van der Waals surface area contributed by atoms with Gasteiger partial charge < -0.3 is 14.7 Å². The van der Waals surface area contributed by atoms with Crippen LogP contribution in [-0.2, 0) is 17.8 Å². The van der Waals surface area contributed by atoms with Gasteiger partial charge in [0.05, 0.1) is 17.8 Å². The lowest BCUT2D eigenvalue weighted by molar-refractivity contribution is -0.138. The summed E-state index contributed by atoms with van der Waals surface area (Å²) in [6.45, 7) is 6.44. The molecule has 0 aliphatic carbocycles. The predicted octanol–water partition coefficient (Wildman–Crippen LogP) is 4.07. The highest BCUT2D eigenvalue weighted by Crippen LogP contribution is 2.32. The van der Waals surface area contributed by atoms with E-state index in [0.29, 0.717) is 30.1 Å². The average Bonchev–Trinajstić information content (AvgIpc) is 3.16. The normalized spacial score (nSPS) is 16.9. The second kappa shape index (κ2) is 7.78. The highest BCUT2D eigenvalue weighted by molar-refractivity contribution is 5.89. The molecule has 1 aliphatic heterocycles. The van der Waals surface area contributed by atoms with Gasteiger partial charge in [-0.15, -0.1) is 0 Å². The number of carbonyl (C=O) groups is 2. The summed E-state index contributed by atoms with van der Waals surface area (Å²) in [7, 11) is 0. The fourth-order valence-corrected chi connectivity index (χ4v) is 3.80. The molecule has 3 aromatic rings. The lowest BCUT2D eigenvalue weighted by atomic mass is 9.97. The number of fused-ring (bicyclic) bond motifs is 2. The van der Waals surface area contributed by atoms with Crippen molar-refractivity contribution < 1.29 is 19.4 Å². The maximum atomic E-state index is 12.7. The van der Waals surface area contributed by atoms with Crippen LogP contribution < -0.4 is 4.74 Å². The summed E-state index contributed by atoms with van der Waals surface area (Å²) in [5.41, 5.74) is 2.29. The van der Waals surface area contributed by atoms with Gasteiger partial charge in [0, 0.05) is 29.1 Å². The van der Waals surface area contributed by atoms with E-state index in [1.165, 1.54) is 12.5 Å². The van der Waals surface area contributed by atoms with Gasteiger partial charge >= 0.3 is 6.09 Å². The number of hydrogen-bond acceptors (Lipinski definition) is 5. The Morgan fingerprint density at radius 2 is 2.10 bits per heavy atom. The summed E-state index contributed by atoms with van der Waals surface area (Å²) < 4.78 is 7.22. The van der Waals surface area contributed by atoms with Gasteiger partial charge in [0.25, 0.3) is 0 Å². The summed E-state index contributed by atoms with van der Waals surface area (Å²) in [4.78, 5) is 34.6. The molecule has 2 atom stereocenters. The zero-order chi connectivity index (χ0) is 21.4. The van der Waals surface area contributed by atoms with Crippen LogP contribution in [0.3, 0.4) is 0 Å². The molecule has 2 unspecified atom stereocenters. The zero-order valence-electron chi connectivity index (χ0n) is 17.2. The molecule has 1 amide bonds. The summed E-state index contributed by atoms with van der Waals surface area (Å²) in [6, 6.07) is 6.98. The third kappa shape index (κ3) is 3.49. The van der Waals surface area contributed by atoms with Crippen molar-refractivity contribution >= 4 is 22.9 Å². The molecule has 30 heavy (non-hydrogen) atoms. The van der Waals surface area contributed by atoms with Gasteiger partial charge in [-0.25, -0.2) is 14.8 Å². The van der Waals surface area contributed by atoms with Crippen molar-refractivity contribution in [2.45, 2.75) is 46.2 Å². The van der Waals surface area contributed by atoms with E-state index in [4.69, 9.17) is 4.74 Å². The Morgan fingerprint density at radius 3 is 2.83 bits per heavy atom. The maximum Gasteiger partial charge on any atom is 0.415 e. The molecule has 1 aliphatic rings. The van der Waals surface area contributed by atoms with Crippen molar-refractivity contribution in [2.24, 2.45) is 5.92 Å². The van der Waals surface area contributed by atoms with Gasteiger partial charge in [0.1, 0.15) is 12.1 Å². The number of rotatable bonds is 4. The molecular weight excluding hydrogens is 384 g/mol. The highest BCUT2D eigenvalue weighted by atomic mass is 16.5. The van der Waals surface area contributed by atoms with Crippen molar-refractivity contribution in [3.63, 3.8) is 0 Å². The van der Waals surface area contributed by atoms with Crippen molar-refractivity contribution in [2.75, 3.05) is 0 Å². The lowest BCUT2D eigenvalue weighted by Gasteiger charge is -2.36. The molecule has 8 nitrogen and oxygen atoms in total. The number of ether oxygens (including phenoxy) is 1. The second-order valence-corrected chi connectivity index (χ2v) is 7.72. The van der Waals surface area contributed by atoms with Crippen molar-refractivity contribution in [3.8, 4) is 11.6 Å². The molecule has 0 spiro atoms. The summed E-state index contributed by atoms with van der Waals surface area (Å²) in [5.74, 6) is 1.17. The highest BCUT2D eigenvalue weighted by Gasteiger charge is 2.32. The molecule has 0 bridgehead atoms. The molecular formula is C22H24N4O4. The van der Waals surface area contributed by atoms with E-state index in [-0.39, 0.29) is 17.9 Å². The topological polar surface area (TPSA) is 97.6 Å². The van der Waals surface area contributed by atoms with E-state index in [1.807, 2.05) is 25.7 Å². The van der Waals surface area contributed by atoms with Crippen LogP contribution in [0.4, 0.5) is 4.79 Å². The van der Waals surface area contributed by atoms with Gasteiger partial charge in [-0.2, -0.15) is 0 Å². The maximum absolute atomic E-state index is 12.7. The molecule has 156 valence electrons. The first kappa shape index (κ1) is 19.9. The number of aromatic nitrogens is 3. The van der Waals surface area contributed by atoms with Gasteiger partial charge in [0.2, 0.25) is 11.8 Å². The molecule has 0 radical (unpaired) electrons. The van der Waals surface area contributed by atoms with Crippen LogP contribution in [0.2, 0.25) is 0 Å². The third-order valence-electron chi connectivity index (χ3n) is 5.75. The van der Waals surface area contributed by atoms with E-state index in [0.717, 1.165) is 27.6 Å². The number of hydrogen-bond donors (Lipinski definition) is 1. The smallest absolute Gasteiger partial charge is 0.415 e. The fourth-order valence-electron chi connectivity index (χ4n) is 3.80. The van der Waals surface area contributed by atoms with E-state index in [9.17, 15) is 14.7 Å². The molecule has 3 heterocycles. The van der Waals surface area contributed by atoms with Crippen LogP contribution in [0.15, 0.2) is 36.8 Å². The first-order chi connectivity index (χ1) is 14.4. The number of nitrogens with zero attached hydrogens (tertiary/aromatic N) is 4. The summed E-state index contributed by atoms with van der Waals surface area (Å²) in [6.07, 6.45) is 3.35. The number of carboxylic acid groups (broad SMARTS) is 1. The van der Waals surface area contributed by atoms with Gasteiger partial charge in [-0.3, -0.25) is 9.36 Å². The summed E-state index contributed by atoms with van der Waals surface area (Å²) in [5, 5.41) is 9.99. The largest absolute Gasteiger partial charge is 0.464 e. The predicted molar refractivity (Wildman–Crippen MR) is 111 cm³/mol. The van der Waals surface area contributed by atoms with Crippen LogP contribution in [-0.4, -0.2) is 42.6 Å². The molecule has 0 fully saturated rings. The van der Waals surface area contributed by atoms with Gasteiger partial charge in [-0.05, 0) is 44.0 Å². The van der Waals surface area contributed by atoms with Crippen molar-refractivity contribution in [3.05, 3.63) is 48.0 Å². The van der Waals surface area contributed by atoms with Crippen LogP contribution in [0.25, 0.3) is 10.9 Å². The molecule has 1 N–H and O–H groups in total. The number of carbonyl (C=O) groups excluding carboxylic acids is 1. The first-order valence-corrected chi connectivity index (χ1v) is 10.0. The lowest BCUT2D eigenvalue weighted by Crippen LogP contribution is -2.45. The minimum atomic E-state index is -1.03. The van der Waals surface area contributed by atoms with Gasteiger partial charge in [-0.1, -0.05) is 13.8 Å². The van der Waals surface area contributed by atoms with E-state index in [2.05, 4.69) is 9.97 Å². The van der Waals surface area contributed by atoms with Crippen LogP contribution >= 0.6 is 0 Å². The average molecular weight is 408 g/mol. The standard InChI is InChI=1S/C22H24N4O4/c1-4-13(2)21(27)26-11-18-17(9-14(26)3)20(24-12-23-18)30-16-5-6-19-15(10-16)7-8-25(19)22(28)29/h5-8,10,12-14H,4,9,11H2,1-3H3,(H,28,29). The van der Waals surface area contributed by atoms with Crippen molar-refractivity contribution in [1.82, 2.24) is 19.4 Å². The Labute approximate surface area is 174 Å². The van der Waals surface area contributed by atoms with Crippen LogP contribution in [0.1, 0.15) is 38.4 Å². The second-order valence-electron chi connectivity index (χ2n) is 7.72. The monoisotopic (exact) mass is 408 g/mol. The molecule has 0 saturated heterocycles. The Hall–Kier alpha value is -3.42. The first-order valence-electron chi connectivity index (χ1n) is 10.0. The third-order valence-corrected chi connectivity index (χ3v) is 5.75. The molecule has 4 rings (SSSR count). The molecule has 0 saturated carbocycles. The summed E-state index contributed by atoms with van der Waals surface area (Å²) >= 11 is 0. The Bertz CT molecular complexity index is 1120. The van der Waals surface area contributed by atoms with Crippen molar-refractivity contribution in [1.29, 1.82) is 0 Å². The molecule has 2 aromatic heterocycles. The Morgan fingerprint density at radius 1 is 1.30 bits per heavy atom. The van der Waals surface area contributed by atoms with E-state index < -0.39 is 6.09 Å². The minimum absolute atomic E-state index is 0.0172. The molecule has 8 heteroatoms. The Kier molecular flexibility index (Phi) is 5.15. The minimum Gasteiger partial charge on any atom is -0.464 e. The van der Waals surface area contributed by atoms with E-state index >= 15 is 0 Å². The van der Waals surface area contributed by atoms with E-state index in [1.54, 1.807) is 24.3 Å². The zero-order valence-corrected chi connectivity index (χ0v) is 17.2. The SMILES string of the molecule is CCC(C)C(=O)N1Cc2ncnc(Oc3ccc4c(ccn4C(=O)O)c3)c2CC1C. The fraction of sp³-hybridized carbons (Fsp3) is 0.364. The number of amides is 1. The number of benzene rings is 1. The Balaban J connectivity index is 1.61. The molecule has 1 aromatic carbocycles. The van der Waals surface area contributed by atoms with Crippen LogP contribution in [0.5, 0.6) is 11.6 Å². The quantitative estimate of drug-likeness (QED) is 0.699. The van der Waals surface area contributed by atoms with Crippen LogP contribution in [0, 0.1) is 5.92 Å².